The Labute approximate surface area is 91.6 Å². The van der Waals surface area contributed by atoms with Crippen molar-refractivity contribution in [3.8, 4) is 0 Å². The molecule has 4 nitrogen and oxygen atoms in total. The molecule has 1 saturated carbocycles. The van der Waals surface area contributed by atoms with Gasteiger partial charge in [0.05, 0.1) is 0 Å². The van der Waals surface area contributed by atoms with Crippen molar-refractivity contribution in [3.63, 3.8) is 0 Å². The van der Waals surface area contributed by atoms with Gasteiger partial charge in [-0.15, -0.1) is 0 Å². The Bertz CT molecular complexity index is 348. The SMILES string of the molecule is C=CS(=O)(=O)N1CCN(C)CC1C1CC1. The molecule has 1 unspecified atom stereocenters. The molecule has 0 aromatic heterocycles. The van der Waals surface area contributed by atoms with E-state index in [1.54, 1.807) is 4.31 Å². The van der Waals surface area contributed by atoms with E-state index in [4.69, 9.17) is 0 Å². The summed E-state index contributed by atoms with van der Waals surface area (Å²) in [5, 5.41) is 1.08. The topological polar surface area (TPSA) is 40.6 Å². The molecule has 0 aromatic carbocycles. The summed E-state index contributed by atoms with van der Waals surface area (Å²) in [6.07, 6.45) is 2.34. The van der Waals surface area contributed by atoms with Gasteiger partial charge in [-0.25, -0.2) is 8.42 Å². The summed E-state index contributed by atoms with van der Waals surface area (Å²) in [6, 6.07) is 0.173. The van der Waals surface area contributed by atoms with E-state index in [0.717, 1.165) is 18.5 Å². The largest absolute Gasteiger partial charge is 0.303 e. The fourth-order valence-electron chi connectivity index (χ4n) is 2.21. The maximum atomic E-state index is 11.8. The van der Waals surface area contributed by atoms with Crippen LogP contribution in [0.1, 0.15) is 12.8 Å². The molecule has 1 atom stereocenters. The predicted octanol–water partition coefficient (Wildman–Crippen LogP) is 0.486. The highest BCUT2D eigenvalue weighted by atomic mass is 32.2. The number of hydrogen-bond donors (Lipinski definition) is 0. The van der Waals surface area contributed by atoms with E-state index >= 15 is 0 Å². The second kappa shape index (κ2) is 3.88. The van der Waals surface area contributed by atoms with Crippen LogP contribution in [0.5, 0.6) is 0 Å². The summed E-state index contributed by atoms with van der Waals surface area (Å²) in [7, 11) is -1.18. The number of likely N-dealkylation sites (N-methyl/N-ethyl adjacent to an activating group) is 1. The molecule has 1 aliphatic heterocycles. The van der Waals surface area contributed by atoms with Crippen molar-refractivity contribution >= 4 is 10.0 Å². The van der Waals surface area contributed by atoms with Gasteiger partial charge in [0.2, 0.25) is 10.0 Å². The van der Waals surface area contributed by atoms with Crippen molar-refractivity contribution in [2.24, 2.45) is 5.92 Å². The van der Waals surface area contributed by atoms with Crippen LogP contribution in [-0.4, -0.2) is 50.3 Å². The van der Waals surface area contributed by atoms with Crippen molar-refractivity contribution in [1.29, 1.82) is 0 Å². The number of piperazine rings is 1. The number of sulfonamides is 1. The summed E-state index contributed by atoms with van der Waals surface area (Å²) in [5.41, 5.74) is 0. The zero-order chi connectivity index (χ0) is 11.1. The molecule has 0 amide bonds. The Balaban J connectivity index is 2.18. The average Bonchev–Trinajstić information content (AvgIpc) is 3.00. The van der Waals surface area contributed by atoms with E-state index in [-0.39, 0.29) is 6.04 Å². The van der Waals surface area contributed by atoms with E-state index in [2.05, 4.69) is 11.5 Å². The summed E-state index contributed by atoms with van der Waals surface area (Å²) in [4.78, 5) is 2.21. The van der Waals surface area contributed by atoms with E-state index in [0.29, 0.717) is 12.5 Å². The minimum Gasteiger partial charge on any atom is -0.303 e. The maximum Gasteiger partial charge on any atom is 0.235 e. The lowest BCUT2D eigenvalue weighted by Gasteiger charge is -2.38. The average molecular weight is 230 g/mol. The van der Waals surface area contributed by atoms with Crippen LogP contribution >= 0.6 is 0 Å². The highest BCUT2D eigenvalue weighted by Gasteiger charge is 2.41. The minimum atomic E-state index is -3.23. The normalized spacial score (nSPS) is 30.3. The lowest BCUT2D eigenvalue weighted by atomic mass is 10.1. The first-order chi connectivity index (χ1) is 7.04. The van der Waals surface area contributed by atoms with E-state index < -0.39 is 10.0 Å². The van der Waals surface area contributed by atoms with Gasteiger partial charge in [0.15, 0.2) is 0 Å². The van der Waals surface area contributed by atoms with Crippen molar-refractivity contribution in [2.45, 2.75) is 18.9 Å². The number of nitrogens with zero attached hydrogens (tertiary/aromatic N) is 2. The summed E-state index contributed by atoms with van der Waals surface area (Å²) >= 11 is 0. The van der Waals surface area contributed by atoms with Gasteiger partial charge in [0, 0.05) is 31.1 Å². The first kappa shape index (κ1) is 11.1. The van der Waals surface area contributed by atoms with Crippen LogP contribution in [0.2, 0.25) is 0 Å². The molecule has 0 radical (unpaired) electrons. The summed E-state index contributed by atoms with van der Waals surface area (Å²) in [6.45, 7) is 5.68. The third kappa shape index (κ3) is 2.24. The van der Waals surface area contributed by atoms with Crippen LogP contribution in [0.3, 0.4) is 0 Å². The second-order valence-electron chi connectivity index (χ2n) is 4.49. The third-order valence-electron chi connectivity index (χ3n) is 3.27. The minimum absolute atomic E-state index is 0.173. The molecule has 5 heteroatoms. The smallest absolute Gasteiger partial charge is 0.235 e. The van der Waals surface area contributed by atoms with E-state index in [9.17, 15) is 8.42 Å². The van der Waals surface area contributed by atoms with Crippen LogP contribution in [0, 0.1) is 5.92 Å². The van der Waals surface area contributed by atoms with Gasteiger partial charge < -0.3 is 4.90 Å². The van der Waals surface area contributed by atoms with Crippen LogP contribution < -0.4 is 0 Å². The molecule has 2 rings (SSSR count). The molecule has 2 fully saturated rings. The van der Waals surface area contributed by atoms with Gasteiger partial charge in [-0.05, 0) is 25.8 Å². The van der Waals surface area contributed by atoms with E-state index in [1.165, 1.54) is 12.8 Å². The fourth-order valence-corrected chi connectivity index (χ4v) is 3.36. The first-order valence-corrected chi connectivity index (χ1v) is 6.88. The van der Waals surface area contributed by atoms with Crippen molar-refractivity contribution < 1.29 is 8.42 Å². The summed E-state index contributed by atoms with van der Waals surface area (Å²) < 4.78 is 25.2. The van der Waals surface area contributed by atoms with Crippen molar-refractivity contribution in [1.82, 2.24) is 9.21 Å². The Hall–Kier alpha value is -0.390. The van der Waals surface area contributed by atoms with Crippen LogP contribution in [0.25, 0.3) is 0 Å². The molecule has 1 heterocycles. The lowest BCUT2D eigenvalue weighted by Crippen LogP contribution is -2.54. The Morgan fingerprint density at radius 2 is 2.00 bits per heavy atom. The second-order valence-corrected chi connectivity index (χ2v) is 6.32. The van der Waals surface area contributed by atoms with Gasteiger partial charge in [0.25, 0.3) is 0 Å². The maximum absolute atomic E-state index is 11.8. The molecule has 15 heavy (non-hydrogen) atoms. The van der Waals surface area contributed by atoms with Crippen molar-refractivity contribution in [3.05, 3.63) is 12.0 Å². The zero-order valence-electron chi connectivity index (χ0n) is 9.09. The zero-order valence-corrected chi connectivity index (χ0v) is 9.91. The van der Waals surface area contributed by atoms with Gasteiger partial charge in [-0.1, -0.05) is 6.58 Å². The van der Waals surface area contributed by atoms with Crippen LogP contribution in [0.15, 0.2) is 12.0 Å². The predicted molar refractivity (Wildman–Crippen MR) is 59.8 cm³/mol. The Morgan fingerprint density at radius 1 is 1.33 bits per heavy atom. The highest BCUT2D eigenvalue weighted by Crippen LogP contribution is 2.37. The number of hydrogen-bond acceptors (Lipinski definition) is 3. The lowest BCUT2D eigenvalue weighted by molar-refractivity contribution is 0.146. The van der Waals surface area contributed by atoms with E-state index in [1.807, 2.05) is 7.05 Å². The molecule has 2 aliphatic rings. The molecule has 1 saturated heterocycles. The van der Waals surface area contributed by atoms with Gasteiger partial charge in [0.1, 0.15) is 0 Å². The third-order valence-corrected chi connectivity index (χ3v) is 4.80. The first-order valence-electron chi connectivity index (χ1n) is 5.37. The van der Waals surface area contributed by atoms with Gasteiger partial charge in [-0.2, -0.15) is 4.31 Å². The van der Waals surface area contributed by atoms with Gasteiger partial charge >= 0.3 is 0 Å². The fraction of sp³-hybridized carbons (Fsp3) is 0.800. The molecule has 0 bridgehead atoms. The standard InChI is InChI=1S/C10H18N2O2S/c1-3-15(13,14)12-7-6-11(2)8-10(12)9-4-5-9/h3,9-10H,1,4-8H2,2H3. The molecular formula is C10H18N2O2S. The van der Waals surface area contributed by atoms with Crippen LogP contribution in [-0.2, 0) is 10.0 Å². The quantitative estimate of drug-likeness (QED) is 0.708. The molecule has 86 valence electrons. The summed E-state index contributed by atoms with van der Waals surface area (Å²) in [5.74, 6) is 0.572. The van der Waals surface area contributed by atoms with Gasteiger partial charge in [-0.3, -0.25) is 0 Å². The van der Waals surface area contributed by atoms with Crippen molar-refractivity contribution in [2.75, 3.05) is 26.7 Å². The molecule has 1 aliphatic carbocycles. The number of rotatable bonds is 3. The highest BCUT2D eigenvalue weighted by molar-refractivity contribution is 7.92. The molecule has 0 spiro atoms. The Kier molecular flexibility index (Phi) is 2.87. The molecular weight excluding hydrogens is 212 g/mol. The Morgan fingerprint density at radius 3 is 2.53 bits per heavy atom. The van der Waals surface area contributed by atoms with Crippen LogP contribution in [0.4, 0.5) is 0 Å². The molecule has 0 aromatic rings. The molecule has 0 N–H and O–H groups in total. The monoisotopic (exact) mass is 230 g/mol.